The van der Waals surface area contributed by atoms with Gasteiger partial charge in [0.25, 0.3) is 0 Å². The van der Waals surface area contributed by atoms with E-state index in [0.29, 0.717) is 6.04 Å². The average molecular weight is 360 g/mol. The third-order valence-corrected chi connectivity index (χ3v) is 5.52. The number of rotatable bonds is 8. The molecule has 0 amide bonds. The van der Waals surface area contributed by atoms with E-state index in [1.54, 1.807) is 0 Å². The quantitative estimate of drug-likeness (QED) is 0.552. The second-order valence-electron chi connectivity index (χ2n) is 7.39. The zero-order valence-electron chi connectivity index (χ0n) is 17.3. The molecule has 1 aromatic rings. The number of aliphatic imine (C=N–C) groups is 1. The summed E-state index contributed by atoms with van der Waals surface area (Å²) in [7, 11) is 4.01. The van der Waals surface area contributed by atoms with Gasteiger partial charge in [-0.1, -0.05) is 19.1 Å². The summed E-state index contributed by atoms with van der Waals surface area (Å²) in [5.41, 5.74) is 2.64. The maximum absolute atomic E-state index is 4.38. The molecule has 1 fully saturated rings. The smallest absolute Gasteiger partial charge is 0.191 e. The fourth-order valence-corrected chi connectivity index (χ4v) is 3.33. The molecule has 2 rings (SSSR count). The van der Waals surface area contributed by atoms with Crippen LogP contribution in [0.3, 0.4) is 0 Å². The Morgan fingerprint density at radius 3 is 2.65 bits per heavy atom. The van der Waals surface area contributed by atoms with Crippen LogP contribution in [0.1, 0.15) is 51.6 Å². The average Bonchev–Trinajstić information content (AvgIpc) is 3.21. The van der Waals surface area contributed by atoms with Crippen LogP contribution in [-0.4, -0.2) is 57.2 Å². The molecule has 0 saturated carbocycles. The minimum Gasteiger partial charge on any atom is -0.372 e. The van der Waals surface area contributed by atoms with Gasteiger partial charge in [0.2, 0.25) is 0 Å². The van der Waals surface area contributed by atoms with Crippen molar-refractivity contribution in [2.24, 2.45) is 4.99 Å². The van der Waals surface area contributed by atoms with Gasteiger partial charge in [-0.05, 0) is 57.9 Å². The van der Waals surface area contributed by atoms with Crippen molar-refractivity contribution in [3.05, 3.63) is 29.8 Å². The third kappa shape index (κ3) is 5.90. The van der Waals surface area contributed by atoms with E-state index in [9.17, 15) is 0 Å². The normalized spacial score (nSPS) is 17.5. The van der Waals surface area contributed by atoms with Gasteiger partial charge in [0.15, 0.2) is 5.96 Å². The molecule has 1 aliphatic heterocycles. The molecule has 146 valence electrons. The molecule has 2 unspecified atom stereocenters. The second-order valence-corrected chi connectivity index (χ2v) is 7.39. The highest BCUT2D eigenvalue weighted by Gasteiger charge is 2.14. The molecule has 5 nitrogen and oxygen atoms in total. The summed E-state index contributed by atoms with van der Waals surface area (Å²) >= 11 is 0. The van der Waals surface area contributed by atoms with E-state index in [4.69, 9.17) is 0 Å². The summed E-state index contributed by atoms with van der Waals surface area (Å²) in [6.07, 6.45) is 3.78. The molecular weight excluding hydrogens is 322 g/mol. The Labute approximate surface area is 159 Å². The van der Waals surface area contributed by atoms with E-state index < -0.39 is 0 Å². The minimum absolute atomic E-state index is 0.219. The van der Waals surface area contributed by atoms with Crippen LogP contribution in [0.15, 0.2) is 29.3 Å². The van der Waals surface area contributed by atoms with Gasteiger partial charge in [-0.25, -0.2) is 0 Å². The van der Waals surface area contributed by atoms with Gasteiger partial charge >= 0.3 is 0 Å². The molecule has 1 heterocycles. The van der Waals surface area contributed by atoms with Gasteiger partial charge in [0.1, 0.15) is 0 Å². The largest absolute Gasteiger partial charge is 0.372 e. The molecule has 2 N–H and O–H groups in total. The molecule has 0 aliphatic carbocycles. The van der Waals surface area contributed by atoms with E-state index in [1.807, 2.05) is 7.05 Å². The Hall–Kier alpha value is -1.75. The van der Waals surface area contributed by atoms with E-state index in [0.717, 1.165) is 19.0 Å². The standard InChI is InChI=1S/C21H37N5/c1-6-17(2)25(5)15-12-23-21(22-4)24-18(3)19-10-9-11-20(16-19)26-13-7-8-14-26/h9-11,16-18H,6-8,12-15H2,1-5H3,(H2,22,23,24). The molecule has 5 heteroatoms. The lowest BCUT2D eigenvalue weighted by atomic mass is 10.1. The predicted octanol–water partition coefficient (Wildman–Crippen LogP) is 3.24. The lowest BCUT2D eigenvalue weighted by Crippen LogP contribution is -2.43. The highest BCUT2D eigenvalue weighted by molar-refractivity contribution is 5.80. The summed E-state index contributed by atoms with van der Waals surface area (Å²) in [6.45, 7) is 10.9. The van der Waals surface area contributed by atoms with Crippen LogP contribution >= 0.6 is 0 Å². The van der Waals surface area contributed by atoms with Crippen molar-refractivity contribution in [2.75, 3.05) is 45.2 Å². The maximum Gasteiger partial charge on any atom is 0.191 e. The summed E-state index contributed by atoms with van der Waals surface area (Å²) in [5, 5.41) is 6.96. The van der Waals surface area contributed by atoms with Crippen LogP contribution in [0, 0.1) is 0 Å². The van der Waals surface area contributed by atoms with Crippen LogP contribution in [0.4, 0.5) is 5.69 Å². The summed E-state index contributed by atoms with van der Waals surface area (Å²) in [5.74, 6) is 0.863. The summed E-state index contributed by atoms with van der Waals surface area (Å²) in [4.78, 5) is 9.24. The molecular formula is C21H37N5. The first-order valence-electron chi connectivity index (χ1n) is 10.1. The fourth-order valence-electron chi connectivity index (χ4n) is 3.33. The maximum atomic E-state index is 4.38. The zero-order chi connectivity index (χ0) is 18.9. The van der Waals surface area contributed by atoms with Gasteiger partial charge in [-0.2, -0.15) is 0 Å². The first-order chi connectivity index (χ1) is 12.5. The Morgan fingerprint density at radius 1 is 1.27 bits per heavy atom. The number of likely N-dealkylation sites (N-methyl/N-ethyl adjacent to an activating group) is 1. The molecule has 0 bridgehead atoms. The molecule has 1 saturated heterocycles. The van der Waals surface area contributed by atoms with E-state index in [2.05, 4.69) is 77.5 Å². The highest BCUT2D eigenvalue weighted by atomic mass is 15.2. The van der Waals surface area contributed by atoms with Crippen molar-refractivity contribution in [2.45, 2.75) is 52.1 Å². The number of nitrogens with one attached hydrogen (secondary N) is 2. The summed E-state index contributed by atoms with van der Waals surface area (Å²) in [6, 6.07) is 9.72. The van der Waals surface area contributed by atoms with Crippen molar-refractivity contribution in [1.82, 2.24) is 15.5 Å². The Morgan fingerprint density at radius 2 is 2.00 bits per heavy atom. The Balaban J connectivity index is 1.86. The highest BCUT2D eigenvalue weighted by Crippen LogP contribution is 2.23. The topological polar surface area (TPSA) is 42.9 Å². The van der Waals surface area contributed by atoms with Crippen LogP contribution in [0.2, 0.25) is 0 Å². The molecule has 0 aromatic heterocycles. The fraction of sp³-hybridized carbons (Fsp3) is 0.667. The SMILES string of the molecule is CCC(C)N(C)CCNC(=NC)NC(C)c1cccc(N2CCCC2)c1. The Kier molecular flexibility index (Phi) is 8.23. The molecule has 2 atom stereocenters. The van der Waals surface area contributed by atoms with E-state index in [-0.39, 0.29) is 6.04 Å². The van der Waals surface area contributed by atoms with Crippen LogP contribution in [-0.2, 0) is 0 Å². The second kappa shape index (κ2) is 10.4. The summed E-state index contributed by atoms with van der Waals surface area (Å²) < 4.78 is 0. The predicted molar refractivity (Wildman–Crippen MR) is 113 cm³/mol. The van der Waals surface area contributed by atoms with Crippen molar-refractivity contribution in [3.63, 3.8) is 0 Å². The number of hydrogen-bond donors (Lipinski definition) is 2. The number of nitrogens with zero attached hydrogens (tertiary/aromatic N) is 3. The lowest BCUT2D eigenvalue weighted by Gasteiger charge is -2.25. The number of hydrogen-bond acceptors (Lipinski definition) is 3. The zero-order valence-corrected chi connectivity index (χ0v) is 17.3. The van der Waals surface area contributed by atoms with Crippen LogP contribution in [0.25, 0.3) is 0 Å². The number of anilines is 1. The van der Waals surface area contributed by atoms with Gasteiger partial charge in [0, 0.05) is 45.0 Å². The van der Waals surface area contributed by atoms with Crippen LogP contribution in [0.5, 0.6) is 0 Å². The molecule has 1 aromatic carbocycles. The molecule has 0 radical (unpaired) electrons. The van der Waals surface area contributed by atoms with E-state index >= 15 is 0 Å². The van der Waals surface area contributed by atoms with Crippen LogP contribution < -0.4 is 15.5 Å². The minimum atomic E-state index is 0.219. The van der Waals surface area contributed by atoms with E-state index in [1.165, 1.54) is 43.6 Å². The van der Waals surface area contributed by atoms with Crippen molar-refractivity contribution in [1.29, 1.82) is 0 Å². The molecule has 1 aliphatic rings. The van der Waals surface area contributed by atoms with Crippen molar-refractivity contribution >= 4 is 11.6 Å². The van der Waals surface area contributed by atoms with Gasteiger partial charge < -0.3 is 20.4 Å². The number of benzene rings is 1. The van der Waals surface area contributed by atoms with Crippen molar-refractivity contribution < 1.29 is 0 Å². The number of guanidine groups is 1. The lowest BCUT2D eigenvalue weighted by molar-refractivity contribution is 0.255. The molecule has 26 heavy (non-hydrogen) atoms. The van der Waals surface area contributed by atoms with Crippen molar-refractivity contribution in [3.8, 4) is 0 Å². The van der Waals surface area contributed by atoms with Gasteiger partial charge in [-0.15, -0.1) is 0 Å². The monoisotopic (exact) mass is 359 g/mol. The Bertz CT molecular complexity index is 565. The first-order valence-corrected chi connectivity index (χ1v) is 10.1. The van der Waals surface area contributed by atoms with Gasteiger partial charge in [0.05, 0.1) is 6.04 Å². The van der Waals surface area contributed by atoms with Gasteiger partial charge in [-0.3, -0.25) is 4.99 Å². The molecule has 0 spiro atoms. The third-order valence-electron chi connectivity index (χ3n) is 5.52. The first kappa shape index (κ1) is 20.6.